The Hall–Kier alpha value is -2.30. The van der Waals surface area contributed by atoms with Crippen LogP contribution in [0.25, 0.3) is 5.69 Å². The van der Waals surface area contributed by atoms with Gasteiger partial charge in [0.2, 0.25) is 0 Å². The fourth-order valence-corrected chi connectivity index (χ4v) is 2.50. The van der Waals surface area contributed by atoms with Crippen molar-refractivity contribution in [2.45, 2.75) is 46.2 Å². The van der Waals surface area contributed by atoms with E-state index in [0.717, 1.165) is 30.5 Å². The third-order valence-corrected chi connectivity index (χ3v) is 3.92. The van der Waals surface area contributed by atoms with E-state index in [1.165, 1.54) is 12.0 Å². The lowest BCUT2D eigenvalue weighted by molar-refractivity contribution is 0.489. The Morgan fingerprint density at radius 2 is 2.04 bits per heavy atom. The first-order valence-corrected chi connectivity index (χ1v) is 8.64. The van der Waals surface area contributed by atoms with Gasteiger partial charge in [0.25, 0.3) is 0 Å². The van der Waals surface area contributed by atoms with Gasteiger partial charge in [0, 0.05) is 32.0 Å². The van der Waals surface area contributed by atoms with Crippen LogP contribution >= 0.6 is 0 Å². The number of hydrogen-bond donors (Lipinski definition) is 2. The van der Waals surface area contributed by atoms with Crippen molar-refractivity contribution in [2.75, 3.05) is 7.05 Å². The van der Waals surface area contributed by atoms with Crippen molar-refractivity contribution in [1.29, 1.82) is 0 Å². The van der Waals surface area contributed by atoms with Crippen LogP contribution in [0.15, 0.2) is 47.7 Å². The summed E-state index contributed by atoms with van der Waals surface area (Å²) in [6.07, 6.45) is 6.10. The summed E-state index contributed by atoms with van der Waals surface area (Å²) in [6.45, 7) is 7.44. The smallest absolute Gasteiger partial charge is 0.191 e. The highest BCUT2D eigenvalue weighted by Gasteiger charge is 2.06. The van der Waals surface area contributed by atoms with E-state index >= 15 is 0 Å². The number of hydrogen-bond acceptors (Lipinski definition) is 2. The van der Waals surface area contributed by atoms with Gasteiger partial charge in [-0.05, 0) is 49.4 Å². The van der Waals surface area contributed by atoms with Crippen LogP contribution in [0.1, 0.15) is 39.2 Å². The molecule has 0 spiro atoms. The number of nitrogens with zero attached hydrogens (tertiary/aromatic N) is 3. The minimum Gasteiger partial charge on any atom is -0.354 e. The number of guanidine groups is 1. The van der Waals surface area contributed by atoms with Crippen LogP contribution in [0, 0.1) is 5.92 Å². The van der Waals surface area contributed by atoms with Crippen LogP contribution in [0.3, 0.4) is 0 Å². The first-order chi connectivity index (χ1) is 11.6. The summed E-state index contributed by atoms with van der Waals surface area (Å²) in [5.74, 6) is 1.57. The molecule has 0 amide bonds. The summed E-state index contributed by atoms with van der Waals surface area (Å²) in [7, 11) is 1.81. The van der Waals surface area contributed by atoms with Crippen LogP contribution in [0.5, 0.6) is 0 Å². The molecule has 0 saturated carbocycles. The molecule has 5 heteroatoms. The predicted octanol–water partition coefficient (Wildman–Crippen LogP) is 3.36. The van der Waals surface area contributed by atoms with E-state index < -0.39 is 0 Å². The van der Waals surface area contributed by atoms with E-state index in [1.807, 2.05) is 24.0 Å². The summed E-state index contributed by atoms with van der Waals surface area (Å²) >= 11 is 0. The van der Waals surface area contributed by atoms with Crippen LogP contribution in [0.2, 0.25) is 0 Å². The SMILES string of the molecule is CN=C(NCc1cccc(-n2cccn2)c1)NC(C)CCC(C)C. The molecule has 0 saturated heterocycles. The molecule has 1 atom stereocenters. The molecule has 0 radical (unpaired) electrons. The van der Waals surface area contributed by atoms with Gasteiger partial charge in [-0.1, -0.05) is 26.0 Å². The van der Waals surface area contributed by atoms with Gasteiger partial charge >= 0.3 is 0 Å². The molecule has 24 heavy (non-hydrogen) atoms. The molecule has 2 aromatic rings. The second-order valence-electron chi connectivity index (χ2n) is 6.56. The van der Waals surface area contributed by atoms with Gasteiger partial charge in [0.1, 0.15) is 0 Å². The van der Waals surface area contributed by atoms with Crippen molar-refractivity contribution in [1.82, 2.24) is 20.4 Å². The van der Waals surface area contributed by atoms with Crippen LogP contribution in [-0.2, 0) is 6.54 Å². The highest BCUT2D eigenvalue weighted by atomic mass is 15.3. The first-order valence-electron chi connectivity index (χ1n) is 8.64. The molecular weight excluding hydrogens is 298 g/mol. The van der Waals surface area contributed by atoms with Crippen LogP contribution in [-0.4, -0.2) is 28.8 Å². The molecule has 130 valence electrons. The van der Waals surface area contributed by atoms with E-state index in [-0.39, 0.29) is 0 Å². The van der Waals surface area contributed by atoms with Gasteiger partial charge in [0.05, 0.1) is 5.69 Å². The van der Waals surface area contributed by atoms with Crippen LogP contribution in [0.4, 0.5) is 0 Å². The normalized spacial score (nSPS) is 13.1. The molecule has 0 fully saturated rings. The lowest BCUT2D eigenvalue weighted by Crippen LogP contribution is -2.41. The maximum Gasteiger partial charge on any atom is 0.191 e. The largest absolute Gasteiger partial charge is 0.354 e. The summed E-state index contributed by atoms with van der Waals surface area (Å²) in [4.78, 5) is 4.32. The van der Waals surface area contributed by atoms with Gasteiger partial charge in [-0.2, -0.15) is 5.10 Å². The van der Waals surface area contributed by atoms with Crippen molar-refractivity contribution in [3.63, 3.8) is 0 Å². The predicted molar refractivity (Wildman–Crippen MR) is 100 cm³/mol. The van der Waals surface area contributed by atoms with Gasteiger partial charge in [-0.15, -0.1) is 0 Å². The standard InChI is InChI=1S/C19H29N5/c1-15(2)9-10-16(3)23-19(20-4)21-14-17-7-5-8-18(13-17)24-12-6-11-22-24/h5-8,11-13,15-16H,9-10,14H2,1-4H3,(H2,20,21,23). The zero-order valence-corrected chi connectivity index (χ0v) is 15.2. The van der Waals surface area contributed by atoms with E-state index in [2.05, 4.69) is 65.8 Å². The zero-order chi connectivity index (χ0) is 17.4. The summed E-state index contributed by atoms with van der Waals surface area (Å²) in [6, 6.07) is 10.7. The first kappa shape index (κ1) is 18.0. The zero-order valence-electron chi connectivity index (χ0n) is 15.2. The van der Waals surface area contributed by atoms with Gasteiger partial charge in [-0.3, -0.25) is 4.99 Å². The third kappa shape index (κ3) is 5.72. The van der Waals surface area contributed by atoms with Gasteiger partial charge in [-0.25, -0.2) is 4.68 Å². The number of aromatic nitrogens is 2. The van der Waals surface area contributed by atoms with Crippen molar-refractivity contribution in [3.05, 3.63) is 48.3 Å². The lowest BCUT2D eigenvalue weighted by Gasteiger charge is -2.19. The quantitative estimate of drug-likeness (QED) is 0.605. The highest BCUT2D eigenvalue weighted by molar-refractivity contribution is 5.79. The average molecular weight is 327 g/mol. The Labute approximate surface area is 145 Å². The molecule has 5 nitrogen and oxygen atoms in total. The van der Waals surface area contributed by atoms with Crippen molar-refractivity contribution < 1.29 is 0 Å². The molecule has 2 rings (SSSR count). The Kier molecular flexibility index (Phi) is 6.85. The fraction of sp³-hybridized carbons (Fsp3) is 0.474. The molecule has 0 bridgehead atoms. The maximum atomic E-state index is 4.32. The summed E-state index contributed by atoms with van der Waals surface area (Å²) in [5.41, 5.74) is 2.26. The molecule has 0 aliphatic rings. The number of rotatable bonds is 7. The molecule has 1 aromatic heterocycles. The topological polar surface area (TPSA) is 54.2 Å². The second kappa shape index (κ2) is 9.11. The molecular formula is C19H29N5. The maximum absolute atomic E-state index is 4.32. The summed E-state index contributed by atoms with van der Waals surface area (Å²) < 4.78 is 1.87. The van der Waals surface area contributed by atoms with Gasteiger partial charge in [0.15, 0.2) is 5.96 Å². The monoisotopic (exact) mass is 327 g/mol. The van der Waals surface area contributed by atoms with E-state index in [4.69, 9.17) is 0 Å². The minimum absolute atomic E-state index is 0.411. The molecule has 1 heterocycles. The number of benzene rings is 1. The molecule has 1 aromatic carbocycles. The molecule has 1 unspecified atom stereocenters. The van der Waals surface area contributed by atoms with E-state index in [9.17, 15) is 0 Å². The molecule has 2 N–H and O–H groups in total. The van der Waals surface area contributed by atoms with Crippen molar-refractivity contribution in [2.24, 2.45) is 10.9 Å². The highest BCUT2D eigenvalue weighted by Crippen LogP contribution is 2.09. The van der Waals surface area contributed by atoms with Crippen molar-refractivity contribution >= 4 is 5.96 Å². The molecule has 0 aliphatic carbocycles. The van der Waals surface area contributed by atoms with Crippen molar-refractivity contribution in [3.8, 4) is 5.69 Å². The third-order valence-electron chi connectivity index (χ3n) is 3.92. The fourth-order valence-electron chi connectivity index (χ4n) is 2.50. The second-order valence-corrected chi connectivity index (χ2v) is 6.56. The van der Waals surface area contributed by atoms with E-state index in [1.54, 1.807) is 6.20 Å². The number of nitrogens with one attached hydrogen (secondary N) is 2. The average Bonchev–Trinajstić information content (AvgIpc) is 3.11. The molecule has 0 aliphatic heterocycles. The van der Waals surface area contributed by atoms with Crippen LogP contribution < -0.4 is 10.6 Å². The Balaban J connectivity index is 1.88. The van der Waals surface area contributed by atoms with Gasteiger partial charge < -0.3 is 10.6 Å². The minimum atomic E-state index is 0.411. The Bertz CT molecular complexity index is 631. The van der Waals surface area contributed by atoms with E-state index in [0.29, 0.717) is 6.04 Å². The number of aliphatic imine (C=N–C) groups is 1. The lowest BCUT2D eigenvalue weighted by atomic mass is 10.0. The Morgan fingerprint density at radius 1 is 1.21 bits per heavy atom. The summed E-state index contributed by atoms with van der Waals surface area (Å²) in [5, 5.41) is 11.1. The Morgan fingerprint density at radius 3 is 2.71 bits per heavy atom.